The van der Waals surface area contributed by atoms with E-state index in [2.05, 4.69) is 50.3 Å². The van der Waals surface area contributed by atoms with E-state index >= 15 is 0 Å². The first-order chi connectivity index (χ1) is 6.33. The first kappa shape index (κ1) is 10.6. The SMILES string of the molecule is CCCC=C(C)[Se]c1ccccc1. The van der Waals surface area contributed by atoms with E-state index in [1.54, 1.807) is 4.47 Å². The average Bonchev–Trinajstić information content (AvgIpc) is 2.16. The summed E-state index contributed by atoms with van der Waals surface area (Å²) in [5.41, 5.74) is 0. The van der Waals surface area contributed by atoms with E-state index in [4.69, 9.17) is 0 Å². The van der Waals surface area contributed by atoms with E-state index in [0.29, 0.717) is 15.0 Å². The van der Waals surface area contributed by atoms with Gasteiger partial charge in [0.15, 0.2) is 0 Å². The van der Waals surface area contributed by atoms with Crippen molar-refractivity contribution in [2.24, 2.45) is 0 Å². The summed E-state index contributed by atoms with van der Waals surface area (Å²) in [7, 11) is 0. The minimum atomic E-state index is 0.538. The molecule has 0 spiro atoms. The van der Waals surface area contributed by atoms with Gasteiger partial charge in [-0.1, -0.05) is 0 Å². The molecule has 0 atom stereocenters. The number of hydrogen-bond donors (Lipinski definition) is 0. The zero-order chi connectivity index (χ0) is 9.52. The van der Waals surface area contributed by atoms with Crippen LogP contribution in [0.25, 0.3) is 0 Å². The summed E-state index contributed by atoms with van der Waals surface area (Å²) in [4.78, 5) is 0. The molecule has 1 aromatic rings. The Balaban J connectivity index is 2.50. The van der Waals surface area contributed by atoms with Crippen LogP contribution in [0.15, 0.2) is 40.9 Å². The Kier molecular flexibility index (Phi) is 4.88. The Morgan fingerprint density at radius 1 is 1.31 bits per heavy atom. The number of hydrogen-bond acceptors (Lipinski definition) is 0. The fourth-order valence-electron chi connectivity index (χ4n) is 1.06. The van der Waals surface area contributed by atoms with Gasteiger partial charge in [-0.05, 0) is 0 Å². The number of allylic oxidation sites excluding steroid dienone is 2. The van der Waals surface area contributed by atoms with Crippen LogP contribution in [0.3, 0.4) is 0 Å². The molecule has 0 aliphatic heterocycles. The van der Waals surface area contributed by atoms with Crippen LogP contribution in [0, 0.1) is 0 Å². The molecule has 0 unspecified atom stereocenters. The molecule has 1 heteroatoms. The van der Waals surface area contributed by atoms with Gasteiger partial charge < -0.3 is 0 Å². The molecule has 0 aromatic heterocycles. The fraction of sp³-hybridized carbons (Fsp3) is 0.333. The molecule has 1 rings (SSSR count). The minimum absolute atomic E-state index is 0.538. The van der Waals surface area contributed by atoms with Crippen LogP contribution in [0.4, 0.5) is 0 Å². The Morgan fingerprint density at radius 3 is 2.62 bits per heavy atom. The molecule has 0 aliphatic rings. The van der Waals surface area contributed by atoms with Gasteiger partial charge in [-0.15, -0.1) is 0 Å². The van der Waals surface area contributed by atoms with E-state index in [0.717, 1.165) is 0 Å². The Morgan fingerprint density at radius 2 is 2.00 bits per heavy atom. The summed E-state index contributed by atoms with van der Waals surface area (Å²) in [5.74, 6) is 0. The second-order valence-electron chi connectivity index (χ2n) is 3.02. The summed E-state index contributed by atoms with van der Waals surface area (Å²) in [6, 6.07) is 10.7. The van der Waals surface area contributed by atoms with Crippen LogP contribution >= 0.6 is 0 Å². The predicted molar refractivity (Wildman–Crippen MR) is 60.5 cm³/mol. The molecule has 0 saturated carbocycles. The standard InChI is InChI=1S/C12H16Se/c1-3-4-8-11(2)13-12-9-6-5-7-10-12/h5-10H,3-4H2,1-2H3. The van der Waals surface area contributed by atoms with Gasteiger partial charge in [0.1, 0.15) is 0 Å². The summed E-state index contributed by atoms with van der Waals surface area (Å²) in [6.45, 7) is 4.46. The van der Waals surface area contributed by atoms with Crippen molar-refractivity contribution in [1.29, 1.82) is 0 Å². The second kappa shape index (κ2) is 6.01. The molecule has 0 saturated heterocycles. The van der Waals surface area contributed by atoms with Crippen LogP contribution < -0.4 is 4.46 Å². The summed E-state index contributed by atoms with van der Waals surface area (Å²) in [5, 5.41) is 0. The van der Waals surface area contributed by atoms with E-state index in [9.17, 15) is 0 Å². The van der Waals surface area contributed by atoms with Crippen LogP contribution in [0.2, 0.25) is 0 Å². The first-order valence-electron chi connectivity index (χ1n) is 4.72. The monoisotopic (exact) mass is 240 g/mol. The predicted octanol–water partition coefficient (Wildman–Crippen LogP) is 2.72. The molecular weight excluding hydrogens is 223 g/mol. The quantitative estimate of drug-likeness (QED) is 0.709. The molecule has 1 aromatic carbocycles. The fourth-order valence-corrected chi connectivity index (χ4v) is 2.88. The molecule has 0 bridgehead atoms. The Hall–Kier alpha value is -0.521. The van der Waals surface area contributed by atoms with Crippen molar-refractivity contribution in [3.8, 4) is 0 Å². The average molecular weight is 239 g/mol. The summed E-state index contributed by atoms with van der Waals surface area (Å²) >= 11 is 0.538. The number of rotatable bonds is 4. The van der Waals surface area contributed by atoms with Crippen molar-refractivity contribution in [1.82, 2.24) is 0 Å². The van der Waals surface area contributed by atoms with Crippen molar-refractivity contribution >= 4 is 19.4 Å². The van der Waals surface area contributed by atoms with Gasteiger partial charge in [-0.25, -0.2) is 0 Å². The third-order valence-corrected chi connectivity index (χ3v) is 3.83. The summed E-state index contributed by atoms with van der Waals surface area (Å²) in [6.07, 6.45) is 4.84. The zero-order valence-electron chi connectivity index (χ0n) is 8.29. The van der Waals surface area contributed by atoms with E-state index in [1.165, 1.54) is 17.3 Å². The van der Waals surface area contributed by atoms with Crippen LogP contribution in [-0.4, -0.2) is 15.0 Å². The number of unbranched alkanes of at least 4 members (excludes halogenated alkanes) is 1. The molecular formula is C12H16Se. The van der Waals surface area contributed by atoms with Crippen molar-refractivity contribution < 1.29 is 0 Å². The van der Waals surface area contributed by atoms with Crippen molar-refractivity contribution in [2.45, 2.75) is 26.7 Å². The van der Waals surface area contributed by atoms with Gasteiger partial charge in [0, 0.05) is 0 Å². The van der Waals surface area contributed by atoms with Gasteiger partial charge in [0.2, 0.25) is 0 Å². The van der Waals surface area contributed by atoms with Gasteiger partial charge >= 0.3 is 87.0 Å². The molecule has 0 amide bonds. The van der Waals surface area contributed by atoms with Crippen LogP contribution in [0.5, 0.6) is 0 Å². The Bertz CT molecular complexity index is 262. The molecule has 70 valence electrons. The van der Waals surface area contributed by atoms with Crippen molar-refractivity contribution in [3.05, 3.63) is 40.9 Å². The number of benzene rings is 1. The van der Waals surface area contributed by atoms with E-state index in [1.807, 2.05) is 0 Å². The zero-order valence-corrected chi connectivity index (χ0v) is 10.00. The van der Waals surface area contributed by atoms with E-state index in [-0.39, 0.29) is 0 Å². The molecule has 0 heterocycles. The normalized spacial score (nSPS) is 11.7. The molecule has 0 N–H and O–H groups in total. The summed E-state index contributed by atoms with van der Waals surface area (Å²) < 4.78 is 3.01. The van der Waals surface area contributed by atoms with Crippen molar-refractivity contribution in [3.63, 3.8) is 0 Å². The maximum atomic E-state index is 2.37. The third kappa shape index (κ3) is 4.31. The van der Waals surface area contributed by atoms with E-state index < -0.39 is 0 Å². The van der Waals surface area contributed by atoms with Gasteiger partial charge in [0.25, 0.3) is 0 Å². The maximum absolute atomic E-state index is 2.37. The van der Waals surface area contributed by atoms with Crippen molar-refractivity contribution in [2.75, 3.05) is 0 Å². The molecule has 0 aliphatic carbocycles. The second-order valence-corrected chi connectivity index (χ2v) is 5.79. The Labute approximate surface area is 87.2 Å². The van der Waals surface area contributed by atoms with Gasteiger partial charge in [-0.2, -0.15) is 0 Å². The van der Waals surface area contributed by atoms with Crippen LogP contribution in [0.1, 0.15) is 26.7 Å². The van der Waals surface area contributed by atoms with Gasteiger partial charge in [-0.3, -0.25) is 0 Å². The topological polar surface area (TPSA) is 0 Å². The molecule has 0 nitrogen and oxygen atoms in total. The molecule has 13 heavy (non-hydrogen) atoms. The first-order valence-corrected chi connectivity index (χ1v) is 6.44. The molecule has 0 radical (unpaired) electrons. The molecule has 0 fully saturated rings. The van der Waals surface area contributed by atoms with Gasteiger partial charge in [0.05, 0.1) is 0 Å². The third-order valence-electron chi connectivity index (χ3n) is 1.74. The van der Waals surface area contributed by atoms with Crippen LogP contribution in [-0.2, 0) is 0 Å².